The number of piperidine rings is 1. The van der Waals surface area contributed by atoms with E-state index in [0.717, 1.165) is 29.7 Å². The van der Waals surface area contributed by atoms with Crippen molar-refractivity contribution in [2.24, 2.45) is 0 Å². The molecule has 2 rings (SSSR count). The molecule has 0 radical (unpaired) electrons. The van der Waals surface area contributed by atoms with E-state index in [2.05, 4.69) is 6.58 Å². The molecule has 1 aliphatic rings. The molecule has 1 aliphatic heterocycles. The number of carbonyl (C=O) groups excluding carboxylic acids is 1. The molecule has 0 aromatic carbocycles. The molecular formula is C17H26N2O3S2. The minimum absolute atomic E-state index is 0.00395. The van der Waals surface area contributed by atoms with Crippen molar-refractivity contribution in [1.29, 1.82) is 0 Å². The maximum absolute atomic E-state index is 12.7. The highest BCUT2D eigenvalue weighted by molar-refractivity contribution is 7.91. The van der Waals surface area contributed by atoms with Gasteiger partial charge in [-0.3, -0.25) is 4.79 Å². The van der Waals surface area contributed by atoms with Crippen molar-refractivity contribution < 1.29 is 13.2 Å². The lowest BCUT2D eigenvalue weighted by atomic mass is 10.2. The highest BCUT2D eigenvalue weighted by atomic mass is 32.2. The summed E-state index contributed by atoms with van der Waals surface area (Å²) in [6.45, 7) is 10.0. The Morgan fingerprint density at radius 1 is 1.29 bits per heavy atom. The van der Waals surface area contributed by atoms with E-state index in [9.17, 15) is 13.2 Å². The molecule has 0 unspecified atom stereocenters. The summed E-state index contributed by atoms with van der Waals surface area (Å²) in [6.07, 6.45) is 3.16. The summed E-state index contributed by atoms with van der Waals surface area (Å²) < 4.78 is 27.2. The van der Waals surface area contributed by atoms with Gasteiger partial charge in [0.2, 0.25) is 5.91 Å². The summed E-state index contributed by atoms with van der Waals surface area (Å²) in [5, 5.41) is 0. The normalized spacial score (nSPS) is 16.1. The van der Waals surface area contributed by atoms with E-state index in [-0.39, 0.29) is 12.3 Å². The Bertz CT molecular complexity index is 688. The Morgan fingerprint density at radius 3 is 2.54 bits per heavy atom. The van der Waals surface area contributed by atoms with Crippen molar-refractivity contribution in [2.75, 3.05) is 26.2 Å². The van der Waals surface area contributed by atoms with Crippen LogP contribution in [-0.2, 0) is 21.2 Å². The average Bonchev–Trinajstić information content (AvgIpc) is 3.02. The summed E-state index contributed by atoms with van der Waals surface area (Å²) in [4.78, 5) is 14.9. The van der Waals surface area contributed by atoms with Crippen LogP contribution in [0.25, 0.3) is 0 Å². The Hall–Kier alpha value is -1.18. The zero-order valence-corrected chi connectivity index (χ0v) is 16.1. The first kappa shape index (κ1) is 19.1. The number of rotatable bonds is 7. The van der Waals surface area contributed by atoms with Crippen LogP contribution < -0.4 is 0 Å². The molecule has 0 saturated carbocycles. The van der Waals surface area contributed by atoms with E-state index in [1.165, 1.54) is 11.3 Å². The fourth-order valence-corrected chi connectivity index (χ4v) is 5.81. The summed E-state index contributed by atoms with van der Waals surface area (Å²) in [5.41, 5.74) is 0.935. The highest BCUT2D eigenvalue weighted by Gasteiger charge is 2.27. The Labute approximate surface area is 149 Å². The van der Waals surface area contributed by atoms with Gasteiger partial charge < -0.3 is 4.90 Å². The van der Waals surface area contributed by atoms with E-state index in [0.29, 0.717) is 30.4 Å². The van der Waals surface area contributed by atoms with Gasteiger partial charge in [-0.15, -0.1) is 11.3 Å². The van der Waals surface area contributed by atoms with Crippen LogP contribution in [0, 0.1) is 0 Å². The zero-order chi connectivity index (χ0) is 17.7. The smallest absolute Gasteiger partial charge is 0.252 e. The number of amides is 1. The largest absolute Gasteiger partial charge is 0.339 e. The monoisotopic (exact) mass is 370 g/mol. The maximum Gasteiger partial charge on any atom is 0.252 e. The molecular weight excluding hydrogens is 344 g/mol. The Morgan fingerprint density at radius 2 is 1.96 bits per heavy atom. The van der Waals surface area contributed by atoms with Gasteiger partial charge in [0.25, 0.3) is 10.0 Å². The third-order valence-electron chi connectivity index (χ3n) is 4.07. The van der Waals surface area contributed by atoms with Crippen molar-refractivity contribution in [3.05, 3.63) is 29.2 Å². The summed E-state index contributed by atoms with van der Waals surface area (Å²) in [5.74, 6) is 0.00395. The van der Waals surface area contributed by atoms with Crippen LogP contribution in [0.2, 0.25) is 0 Å². The van der Waals surface area contributed by atoms with Crippen molar-refractivity contribution >= 4 is 27.3 Å². The number of nitrogens with zero attached hydrogens (tertiary/aromatic N) is 2. The van der Waals surface area contributed by atoms with E-state index < -0.39 is 10.0 Å². The van der Waals surface area contributed by atoms with Gasteiger partial charge in [-0.2, -0.15) is 4.31 Å². The number of sulfonamides is 1. The molecule has 24 heavy (non-hydrogen) atoms. The fraction of sp³-hybridized carbons (Fsp3) is 0.588. The zero-order valence-electron chi connectivity index (χ0n) is 14.5. The number of carbonyl (C=O) groups is 1. The van der Waals surface area contributed by atoms with E-state index in [1.807, 2.05) is 13.8 Å². The number of thiophene rings is 1. The molecule has 1 aromatic rings. The van der Waals surface area contributed by atoms with Gasteiger partial charge in [0, 0.05) is 31.1 Å². The minimum Gasteiger partial charge on any atom is -0.339 e. The molecule has 7 heteroatoms. The first-order valence-electron chi connectivity index (χ1n) is 8.35. The van der Waals surface area contributed by atoms with E-state index in [1.54, 1.807) is 21.3 Å². The van der Waals surface area contributed by atoms with Gasteiger partial charge in [0.15, 0.2) is 0 Å². The van der Waals surface area contributed by atoms with Crippen LogP contribution in [0.5, 0.6) is 0 Å². The Kier molecular flexibility index (Phi) is 6.60. The third kappa shape index (κ3) is 4.68. The molecule has 0 atom stereocenters. The van der Waals surface area contributed by atoms with Gasteiger partial charge in [-0.25, -0.2) is 8.42 Å². The maximum atomic E-state index is 12.7. The summed E-state index contributed by atoms with van der Waals surface area (Å²) in [7, 11) is -3.41. The molecule has 134 valence electrons. The van der Waals surface area contributed by atoms with Crippen LogP contribution in [0.1, 0.15) is 38.0 Å². The first-order valence-corrected chi connectivity index (χ1v) is 10.6. The van der Waals surface area contributed by atoms with Crippen LogP contribution in [0.15, 0.2) is 28.5 Å². The van der Waals surface area contributed by atoms with Crippen molar-refractivity contribution in [3.8, 4) is 0 Å². The average molecular weight is 371 g/mol. The van der Waals surface area contributed by atoms with Gasteiger partial charge in [-0.05, 0) is 38.8 Å². The minimum atomic E-state index is -3.41. The van der Waals surface area contributed by atoms with Crippen LogP contribution in [0.4, 0.5) is 0 Å². The molecule has 1 amide bonds. The predicted molar refractivity (Wildman–Crippen MR) is 97.7 cm³/mol. The third-order valence-corrected chi connectivity index (χ3v) is 7.52. The van der Waals surface area contributed by atoms with Crippen molar-refractivity contribution in [2.45, 2.75) is 43.7 Å². The second-order valence-electron chi connectivity index (χ2n) is 6.23. The molecule has 1 saturated heterocycles. The van der Waals surface area contributed by atoms with Crippen LogP contribution in [-0.4, -0.2) is 49.7 Å². The quantitative estimate of drug-likeness (QED) is 0.694. The van der Waals surface area contributed by atoms with Crippen LogP contribution in [0.3, 0.4) is 0 Å². The topological polar surface area (TPSA) is 57.7 Å². The van der Waals surface area contributed by atoms with E-state index >= 15 is 0 Å². The van der Waals surface area contributed by atoms with Crippen molar-refractivity contribution in [1.82, 2.24) is 9.21 Å². The Balaban J connectivity index is 2.07. The van der Waals surface area contributed by atoms with Gasteiger partial charge in [0.05, 0.1) is 6.42 Å². The van der Waals surface area contributed by atoms with Gasteiger partial charge in [-0.1, -0.05) is 18.6 Å². The standard InChI is InChI=1S/C17H26N2O3S2/c1-4-18(13-14(2)3)16(20)12-15-8-9-17(23-15)24(21,22)19-10-6-5-7-11-19/h8-9H,2,4-7,10-13H2,1,3H3. The molecule has 2 heterocycles. The highest BCUT2D eigenvalue weighted by Crippen LogP contribution is 2.27. The molecule has 0 bridgehead atoms. The number of likely N-dealkylation sites (N-methyl/N-ethyl adjacent to an activating group) is 1. The van der Waals surface area contributed by atoms with Gasteiger partial charge in [0.1, 0.15) is 4.21 Å². The molecule has 0 spiro atoms. The second kappa shape index (κ2) is 8.27. The summed E-state index contributed by atoms with van der Waals surface area (Å²) >= 11 is 1.21. The van der Waals surface area contributed by atoms with Gasteiger partial charge >= 0.3 is 0 Å². The molecule has 1 aromatic heterocycles. The SMILES string of the molecule is C=C(C)CN(CC)C(=O)Cc1ccc(S(=O)(=O)N2CCCCC2)s1. The fourth-order valence-electron chi connectivity index (χ4n) is 2.79. The summed E-state index contributed by atoms with van der Waals surface area (Å²) in [6, 6.07) is 3.39. The molecule has 0 aliphatic carbocycles. The second-order valence-corrected chi connectivity index (χ2v) is 9.56. The van der Waals surface area contributed by atoms with Crippen molar-refractivity contribution in [3.63, 3.8) is 0 Å². The predicted octanol–water partition coefficient (Wildman–Crippen LogP) is 2.89. The number of hydrogen-bond donors (Lipinski definition) is 0. The lowest BCUT2D eigenvalue weighted by molar-refractivity contribution is -0.129. The molecule has 0 N–H and O–H groups in total. The molecule has 5 nitrogen and oxygen atoms in total. The number of hydrogen-bond acceptors (Lipinski definition) is 4. The van der Waals surface area contributed by atoms with E-state index in [4.69, 9.17) is 0 Å². The first-order chi connectivity index (χ1) is 11.3. The lowest BCUT2D eigenvalue weighted by Crippen LogP contribution is -2.35. The lowest BCUT2D eigenvalue weighted by Gasteiger charge is -2.25. The molecule has 1 fully saturated rings. The van der Waals surface area contributed by atoms with Crippen LogP contribution >= 0.6 is 11.3 Å².